The second kappa shape index (κ2) is 27.2. The van der Waals surface area contributed by atoms with Crippen molar-refractivity contribution in [2.45, 2.75) is 12.5 Å². The summed E-state index contributed by atoms with van der Waals surface area (Å²) in [6.07, 6.45) is -0.757. The molecule has 2 N–H and O–H groups in total. The second-order valence-electron chi connectivity index (χ2n) is 8.33. The van der Waals surface area contributed by atoms with E-state index in [1.807, 2.05) is 0 Å². The minimum Gasteiger partial charge on any atom is -0.382 e. The van der Waals surface area contributed by atoms with E-state index in [-0.39, 0.29) is 26.2 Å². The van der Waals surface area contributed by atoms with Crippen LogP contribution in [0.3, 0.4) is 0 Å². The Hall–Kier alpha value is -0.140. The van der Waals surface area contributed by atoms with Crippen molar-refractivity contribution in [3.63, 3.8) is 0 Å². The zero-order chi connectivity index (χ0) is 30.6. The first-order valence-electron chi connectivity index (χ1n) is 13.7. The molecular weight excluding hydrogens is 610 g/mol. The highest BCUT2D eigenvalue weighted by atomic mass is 31.3. The number of ether oxygens (including phenoxy) is 10. The van der Waals surface area contributed by atoms with Gasteiger partial charge in [0.15, 0.2) is 0 Å². The Bertz CT molecular complexity index is 704. The van der Waals surface area contributed by atoms with Crippen molar-refractivity contribution in [2.24, 2.45) is 0 Å². The summed E-state index contributed by atoms with van der Waals surface area (Å²) in [6.45, 7) is 8.15. The maximum Gasteiger partial charge on any atom is 0.481 e. The zero-order valence-electron chi connectivity index (χ0n) is 24.3. The molecule has 1 fully saturated rings. The average Bonchev–Trinajstić information content (AvgIpc) is 3.05. The van der Waals surface area contributed by atoms with Gasteiger partial charge in [-0.2, -0.15) is 4.31 Å². The number of rotatable bonds is 30. The molecule has 0 saturated carbocycles. The fourth-order valence-corrected chi connectivity index (χ4v) is 5.21. The first kappa shape index (κ1) is 39.9. The lowest BCUT2D eigenvalue weighted by Gasteiger charge is -2.14. The van der Waals surface area contributed by atoms with Gasteiger partial charge in [-0.1, -0.05) is 0 Å². The lowest BCUT2D eigenvalue weighted by Crippen LogP contribution is -2.19. The highest BCUT2D eigenvalue weighted by Crippen LogP contribution is 2.63. The molecule has 0 spiro atoms. The summed E-state index contributed by atoms with van der Waals surface area (Å²) in [5.41, 5.74) is 0. The van der Waals surface area contributed by atoms with Crippen LogP contribution in [0.4, 0.5) is 0 Å². The molecule has 19 heteroatoms. The van der Waals surface area contributed by atoms with E-state index in [4.69, 9.17) is 51.9 Å². The first-order valence-corrected chi connectivity index (χ1v) is 16.7. The maximum atomic E-state index is 11.5. The van der Waals surface area contributed by atoms with Gasteiger partial charge in [-0.05, 0) is 6.42 Å². The molecule has 0 aromatic rings. The maximum absolute atomic E-state index is 11.5. The predicted octanol–water partition coefficient (Wildman–Crippen LogP) is 0.805. The highest BCUT2D eigenvalue weighted by Gasteiger charge is 2.41. The minimum atomic E-state index is -4.67. The summed E-state index contributed by atoms with van der Waals surface area (Å²) < 4.78 is 89.6. The van der Waals surface area contributed by atoms with E-state index in [9.17, 15) is 18.9 Å². The van der Waals surface area contributed by atoms with Crippen LogP contribution in [0.25, 0.3) is 0 Å². The molecule has 0 aromatic carbocycles. The van der Waals surface area contributed by atoms with Gasteiger partial charge < -0.3 is 57.2 Å². The largest absolute Gasteiger partial charge is 0.481 e. The molecule has 252 valence electrons. The Balaban J connectivity index is 1.71. The third-order valence-corrected chi connectivity index (χ3v) is 7.60. The number of phosphoric acid groups is 2. The van der Waals surface area contributed by atoms with Crippen LogP contribution in [0, 0.1) is 0 Å². The van der Waals surface area contributed by atoms with E-state index in [1.54, 1.807) is 7.11 Å². The van der Waals surface area contributed by atoms with Crippen LogP contribution in [0.1, 0.15) is 6.42 Å². The fraction of sp³-hybridized carbons (Fsp3) is 1.00. The van der Waals surface area contributed by atoms with Gasteiger partial charge in [0.1, 0.15) is 0 Å². The molecule has 0 aromatic heterocycles. The summed E-state index contributed by atoms with van der Waals surface area (Å²) in [7, 11) is -7.65. The predicted molar refractivity (Wildman–Crippen MR) is 145 cm³/mol. The summed E-state index contributed by atoms with van der Waals surface area (Å²) >= 11 is 0. The molecule has 42 heavy (non-hydrogen) atoms. The summed E-state index contributed by atoms with van der Waals surface area (Å²) in [5, 5.41) is 0. The highest BCUT2D eigenvalue weighted by molar-refractivity contribution is 7.61. The van der Waals surface area contributed by atoms with E-state index in [0.29, 0.717) is 112 Å². The smallest absolute Gasteiger partial charge is 0.382 e. The molecule has 17 nitrogen and oxygen atoms in total. The Morgan fingerprint density at radius 1 is 0.524 bits per heavy atom. The van der Waals surface area contributed by atoms with Crippen LogP contribution in [0.15, 0.2) is 0 Å². The molecule has 1 saturated heterocycles. The minimum absolute atomic E-state index is 0.163. The Kier molecular flexibility index (Phi) is 25.8. The van der Waals surface area contributed by atoms with Crippen LogP contribution >= 0.6 is 15.6 Å². The molecular formula is C23H48O17P2. The van der Waals surface area contributed by atoms with Gasteiger partial charge in [-0.3, -0.25) is 9.05 Å². The van der Waals surface area contributed by atoms with E-state index in [2.05, 4.69) is 8.83 Å². The second-order valence-corrected chi connectivity index (χ2v) is 11.3. The molecule has 1 aliphatic rings. The molecule has 1 rings (SSSR count). The van der Waals surface area contributed by atoms with Gasteiger partial charge in [-0.25, -0.2) is 9.13 Å². The van der Waals surface area contributed by atoms with Crippen molar-refractivity contribution in [1.29, 1.82) is 0 Å². The zero-order valence-corrected chi connectivity index (χ0v) is 26.1. The summed E-state index contributed by atoms with van der Waals surface area (Å²) in [5.74, 6) is 0. The number of methoxy groups -OCH3 is 1. The molecule has 0 aliphatic carbocycles. The van der Waals surface area contributed by atoms with Gasteiger partial charge in [-0.15, -0.1) is 0 Å². The van der Waals surface area contributed by atoms with Gasteiger partial charge in [0.2, 0.25) is 0 Å². The average molecular weight is 659 g/mol. The van der Waals surface area contributed by atoms with Gasteiger partial charge in [0.05, 0.1) is 132 Å². The molecule has 3 unspecified atom stereocenters. The van der Waals surface area contributed by atoms with Crippen molar-refractivity contribution < 1.29 is 79.6 Å². The Labute approximate surface area is 247 Å². The van der Waals surface area contributed by atoms with Crippen LogP contribution < -0.4 is 0 Å². The van der Waals surface area contributed by atoms with Crippen LogP contribution in [0.2, 0.25) is 0 Å². The van der Waals surface area contributed by atoms with Crippen molar-refractivity contribution in [3.05, 3.63) is 0 Å². The number of hydrogen-bond acceptors (Lipinski definition) is 15. The Morgan fingerprint density at radius 2 is 0.833 bits per heavy atom. The SMILES string of the molecule is COCCOCCOCCOCCOCCOCCOCCOCCOCCOCCC1COP(=O)(O)OP(=O)(O)O1. The van der Waals surface area contributed by atoms with Crippen molar-refractivity contribution in [2.75, 3.05) is 139 Å². The standard InChI is InChI=1S/C23H48O17P2/c1-28-4-5-30-8-9-32-12-13-34-16-17-36-20-21-37-19-18-35-15-14-33-11-10-31-7-6-29-3-2-23-22-38-41(24,25)40-42(26,27)39-23/h23H,2-22H2,1H3,(H,24,25)(H,26,27). The number of phosphoric ester groups is 2. The van der Waals surface area contributed by atoms with Crippen molar-refractivity contribution in [3.8, 4) is 0 Å². The number of hydrogen-bond donors (Lipinski definition) is 2. The van der Waals surface area contributed by atoms with Gasteiger partial charge >= 0.3 is 15.6 Å². The topological polar surface area (TPSA) is 195 Å². The fourth-order valence-electron chi connectivity index (χ4n) is 2.92. The lowest BCUT2D eigenvalue weighted by atomic mass is 10.3. The van der Waals surface area contributed by atoms with Crippen molar-refractivity contribution >= 4 is 15.6 Å². The monoisotopic (exact) mass is 658 g/mol. The summed E-state index contributed by atoms with van der Waals surface area (Å²) in [6, 6.07) is 0. The normalized spacial score (nSPS) is 22.9. The van der Waals surface area contributed by atoms with Gasteiger partial charge in [0, 0.05) is 13.7 Å². The molecule has 0 amide bonds. The quantitative estimate of drug-likeness (QED) is 0.0812. The van der Waals surface area contributed by atoms with Crippen LogP contribution in [0.5, 0.6) is 0 Å². The van der Waals surface area contributed by atoms with E-state index < -0.39 is 21.7 Å². The van der Waals surface area contributed by atoms with Crippen molar-refractivity contribution in [1.82, 2.24) is 0 Å². The van der Waals surface area contributed by atoms with E-state index >= 15 is 0 Å². The first-order chi connectivity index (χ1) is 20.3. The molecule has 0 bridgehead atoms. The Morgan fingerprint density at radius 3 is 1.17 bits per heavy atom. The third kappa shape index (κ3) is 26.3. The van der Waals surface area contributed by atoms with E-state index in [1.165, 1.54) is 0 Å². The van der Waals surface area contributed by atoms with Crippen LogP contribution in [-0.4, -0.2) is 155 Å². The van der Waals surface area contributed by atoms with E-state index in [0.717, 1.165) is 0 Å². The molecule has 0 radical (unpaired) electrons. The molecule has 1 heterocycles. The van der Waals surface area contributed by atoms with Crippen LogP contribution in [-0.2, 0) is 69.9 Å². The summed E-state index contributed by atoms with van der Waals surface area (Å²) in [4.78, 5) is 18.6. The molecule has 1 aliphatic heterocycles. The lowest BCUT2D eigenvalue weighted by molar-refractivity contribution is -0.0263. The molecule has 3 atom stereocenters. The van der Waals surface area contributed by atoms with Gasteiger partial charge in [0.25, 0.3) is 0 Å². The third-order valence-electron chi connectivity index (χ3n) is 4.90.